The van der Waals surface area contributed by atoms with E-state index in [1.165, 1.54) is 11.3 Å². The number of aromatic nitrogens is 1. The summed E-state index contributed by atoms with van der Waals surface area (Å²) in [5, 5.41) is 10.3. The molecule has 1 aromatic heterocycles. The highest BCUT2D eigenvalue weighted by Gasteiger charge is 2.05. The van der Waals surface area contributed by atoms with E-state index >= 15 is 0 Å². The highest BCUT2D eigenvalue weighted by molar-refractivity contribution is 8.01. The van der Waals surface area contributed by atoms with Crippen LogP contribution in [-0.4, -0.2) is 28.4 Å². The number of nitrogens with two attached hydrogens (primary N) is 1. The molecule has 1 rings (SSSR count). The zero-order valence-corrected chi connectivity index (χ0v) is 8.53. The Hall–Kier alpha value is -0.590. The van der Waals surface area contributed by atoms with Crippen molar-refractivity contribution in [3.05, 3.63) is 11.1 Å². The smallest absolute Gasteiger partial charge is 0.309 e. The Labute approximate surface area is 84.2 Å². The highest BCUT2D eigenvalue weighted by Crippen LogP contribution is 2.22. The molecule has 1 heterocycles. The largest absolute Gasteiger partial charge is 0.481 e. The molecule has 13 heavy (non-hydrogen) atoms. The normalized spacial score (nSPS) is 10.2. The predicted molar refractivity (Wildman–Crippen MR) is 53.2 cm³/mol. The minimum absolute atomic E-state index is 0.000312. The molecule has 0 aliphatic carbocycles. The van der Waals surface area contributed by atoms with Gasteiger partial charge in [0.15, 0.2) is 0 Å². The minimum atomic E-state index is -0.847. The molecular weight excluding hydrogens is 208 g/mol. The average molecular weight is 218 g/mol. The highest BCUT2D eigenvalue weighted by atomic mass is 32.2. The van der Waals surface area contributed by atoms with Crippen molar-refractivity contribution in [3.8, 4) is 0 Å². The third-order valence-electron chi connectivity index (χ3n) is 1.21. The van der Waals surface area contributed by atoms with Crippen molar-refractivity contribution in [2.45, 2.75) is 10.8 Å². The van der Waals surface area contributed by atoms with Gasteiger partial charge in [0.05, 0.1) is 12.1 Å². The van der Waals surface area contributed by atoms with Crippen LogP contribution >= 0.6 is 23.1 Å². The molecule has 0 amide bonds. The zero-order chi connectivity index (χ0) is 9.68. The summed E-state index contributed by atoms with van der Waals surface area (Å²) in [6.45, 7) is 0.610. The number of aliphatic carboxylic acids is 1. The van der Waals surface area contributed by atoms with E-state index in [4.69, 9.17) is 10.8 Å². The van der Waals surface area contributed by atoms with E-state index in [0.717, 1.165) is 10.1 Å². The first kappa shape index (κ1) is 10.5. The summed E-state index contributed by atoms with van der Waals surface area (Å²) in [6.07, 6.45) is -0.000312. The molecule has 0 aliphatic rings. The number of rotatable bonds is 5. The van der Waals surface area contributed by atoms with Gasteiger partial charge in [0, 0.05) is 17.7 Å². The fourth-order valence-electron chi connectivity index (χ4n) is 0.737. The molecule has 0 atom stereocenters. The first-order valence-electron chi connectivity index (χ1n) is 3.71. The lowest BCUT2D eigenvalue weighted by Gasteiger charge is -1.91. The van der Waals surface area contributed by atoms with Crippen molar-refractivity contribution < 1.29 is 9.90 Å². The van der Waals surface area contributed by atoms with Crippen LogP contribution < -0.4 is 5.73 Å². The minimum Gasteiger partial charge on any atom is -0.481 e. The molecule has 0 saturated carbocycles. The maximum Gasteiger partial charge on any atom is 0.309 e. The predicted octanol–water partition coefficient (Wildman–Crippen LogP) is 0.821. The monoisotopic (exact) mass is 218 g/mol. The van der Waals surface area contributed by atoms with Gasteiger partial charge in [0.25, 0.3) is 0 Å². The SMILES string of the molecule is NCCSc1nc(CC(=O)O)cs1. The van der Waals surface area contributed by atoms with Crippen LogP contribution in [0.25, 0.3) is 0 Å². The van der Waals surface area contributed by atoms with Gasteiger partial charge >= 0.3 is 5.97 Å². The van der Waals surface area contributed by atoms with E-state index in [0.29, 0.717) is 12.2 Å². The van der Waals surface area contributed by atoms with E-state index in [9.17, 15) is 4.79 Å². The van der Waals surface area contributed by atoms with Gasteiger partial charge in [-0.3, -0.25) is 4.79 Å². The van der Waals surface area contributed by atoms with E-state index in [2.05, 4.69) is 4.98 Å². The molecule has 3 N–H and O–H groups in total. The number of carboxylic acid groups (broad SMARTS) is 1. The summed E-state index contributed by atoms with van der Waals surface area (Å²) in [4.78, 5) is 14.5. The molecule has 0 spiro atoms. The first-order chi connectivity index (χ1) is 6.22. The van der Waals surface area contributed by atoms with E-state index in [1.54, 1.807) is 17.1 Å². The fourth-order valence-corrected chi connectivity index (χ4v) is 2.42. The van der Waals surface area contributed by atoms with Crippen LogP contribution in [0.1, 0.15) is 5.69 Å². The second-order valence-electron chi connectivity index (χ2n) is 2.31. The van der Waals surface area contributed by atoms with Crippen molar-refractivity contribution in [2.75, 3.05) is 12.3 Å². The van der Waals surface area contributed by atoms with Crippen molar-refractivity contribution in [2.24, 2.45) is 5.73 Å². The van der Waals surface area contributed by atoms with E-state index in [-0.39, 0.29) is 6.42 Å². The molecule has 0 fully saturated rings. The van der Waals surface area contributed by atoms with Gasteiger partial charge in [0.1, 0.15) is 4.34 Å². The number of thiazole rings is 1. The summed E-state index contributed by atoms with van der Waals surface area (Å²) in [6, 6.07) is 0. The van der Waals surface area contributed by atoms with Gasteiger partial charge in [-0.25, -0.2) is 4.98 Å². The Morgan fingerprint density at radius 3 is 3.15 bits per heavy atom. The lowest BCUT2D eigenvalue weighted by Crippen LogP contribution is -2.01. The molecule has 0 saturated heterocycles. The third kappa shape index (κ3) is 3.75. The van der Waals surface area contributed by atoms with Gasteiger partial charge in [-0.2, -0.15) is 0 Å². The summed E-state index contributed by atoms with van der Waals surface area (Å²) in [5.74, 6) is -0.0271. The van der Waals surface area contributed by atoms with Crippen LogP contribution in [0.2, 0.25) is 0 Å². The first-order valence-corrected chi connectivity index (χ1v) is 5.58. The summed E-state index contributed by atoms with van der Waals surface area (Å²) in [7, 11) is 0. The Morgan fingerprint density at radius 2 is 2.54 bits per heavy atom. The standard InChI is InChI=1S/C7H10N2O2S2/c8-1-2-12-7-9-5(4-13-7)3-6(10)11/h4H,1-3,8H2,(H,10,11). The molecule has 4 nitrogen and oxygen atoms in total. The van der Waals surface area contributed by atoms with E-state index < -0.39 is 5.97 Å². The van der Waals surface area contributed by atoms with Crippen molar-refractivity contribution >= 4 is 29.1 Å². The van der Waals surface area contributed by atoms with Crippen LogP contribution in [0.5, 0.6) is 0 Å². The Morgan fingerprint density at radius 1 is 1.77 bits per heavy atom. The molecule has 1 aromatic rings. The topological polar surface area (TPSA) is 76.2 Å². The summed E-state index contributed by atoms with van der Waals surface area (Å²) < 4.78 is 0.890. The number of nitrogens with zero attached hydrogens (tertiary/aromatic N) is 1. The molecule has 0 aromatic carbocycles. The maximum atomic E-state index is 10.3. The second-order valence-corrected chi connectivity index (χ2v) is 4.51. The van der Waals surface area contributed by atoms with Crippen molar-refractivity contribution in [3.63, 3.8) is 0 Å². The van der Waals surface area contributed by atoms with Crippen LogP contribution in [0.15, 0.2) is 9.72 Å². The average Bonchev–Trinajstić information content (AvgIpc) is 2.48. The molecule has 0 radical (unpaired) electrons. The summed E-state index contributed by atoms with van der Waals surface area (Å²) >= 11 is 3.02. The van der Waals surface area contributed by atoms with Gasteiger partial charge in [0.2, 0.25) is 0 Å². The molecule has 0 bridgehead atoms. The Bertz CT molecular complexity index is 288. The third-order valence-corrected chi connectivity index (χ3v) is 3.31. The molecule has 0 aliphatic heterocycles. The zero-order valence-electron chi connectivity index (χ0n) is 6.90. The van der Waals surface area contributed by atoms with Crippen LogP contribution in [0.3, 0.4) is 0 Å². The van der Waals surface area contributed by atoms with Crippen molar-refractivity contribution in [1.29, 1.82) is 0 Å². The maximum absolute atomic E-state index is 10.3. The van der Waals surface area contributed by atoms with Crippen molar-refractivity contribution in [1.82, 2.24) is 4.98 Å². The Kier molecular flexibility index (Phi) is 4.20. The quantitative estimate of drug-likeness (QED) is 0.716. The lowest BCUT2D eigenvalue weighted by atomic mass is 10.3. The van der Waals surface area contributed by atoms with Crippen LogP contribution in [-0.2, 0) is 11.2 Å². The number of carbonyl (C=O) groups is 1. The Balaban J connectivity index is 2.48. The molecule has 6 heteroatoms. The molecule has 0 unspecified atom stereocenters. The number of thioether (sulfide) groups is 1. The van der Waals surface area contributed by atoms with Gasteiger partial charge in [-0.1, -0.05) is 11.8 Å². The van der Waals surface area contributed by atoms with E-state index in [1.807, 2.05) is 0 Å². The molecule has 72 valence electrons. The number of hydrogen-bond acceptors (Lipinski definition) is 5. The fraction of sp³-hybridized carbons (Fsp3) is 0.429. The van der Waals surface area contributed by atoms with Gasteiger partial charge in [-0.15, -0.1) is 11.3 Å². The second kappa shape index (κ2) is 5.21. The van der Waals surface area contributed by atoms with Gasteiger partial charge in [-0.05, 0) is 0 Å². The number of carboxylic acids is 1. The molecular formula is C7H10N2O2S2. The number of hydrogen-bond donors (Lipinski definition) is 2. The van der Waals surface area contributed by atoms with Crippen LogP contribution in [0.4, 0.5) is 0 Å². The summed E-state index contributed by atoms with van der Waals surface area (Å²) in [5.41, 5.74) is 5.95. The van der Waals surface area contributed by atoms with Crippen LogP contribution in [0, 0.1) is 0 Å². The lowest BCUT2D eigenvalue weighted by molar-refractivity contribution is -0.136. The van der Waals surface area contributed by atoms with Gasteiger partial charge < -0.3 is 10.8 Å².